The highest BCUT2D eigenvalue weighted by molar-refractivity contribution is 7.92. The number of benzene rings is 1. The first-order chi connectivity index (χ1) is 7.55. The molecule has 3 nitrogen and oxygen atoms in total. The zero-order chi connectivity index (χ0) is 13.4. The molecule has 0 aromatic heterocycles. The molecule has 4 heteroatoms. The number of rotatable bonds is 3. The fraction of sp³-hybridized carbons (Fsp3) is 0.538. The van der Waals surface area contributed by atoms with Crippen LogP contribution >= 0.6 is 0 Å². The van der Waals surface area contributed by atoms with Gasteiger partial charge in [-0.05, 0) is 33.3 Å². The van der Waals surface area contributed by atoms with Crippen molar-refractivity contribution in [1.82, 2.24) is 0 Å². The third-order valence-corrected chi connectivity index (χ3v) is 5.47. The van der Waals surface area contributed by atoms with E-state index in [4.69, 9.17) is 5.73 Å². The molecule has 0 aliphatic rings. The molecular formula is C13H21NO2S. The molecule has 0 fully saturated rings. The lowest BCUT2D eigenvalue weighted by molar-refractivity contribution is 0.496. The van der Waals surface area contributed by atoms with Gasteiger partial charge in [0.2, 0.25) is 0 Å². The highest BCUT2D eigenvalue weighted by Crippen LogP contribution is 2.30. The summed E-state index contributed by atoms with van der Waals surface area (Å²) < 4.78 is 22.6. The second-order valence-electron chi connectivity index (χ2n) is 5.27. The lowest BCUT2D eigenvalue weighted by Gasteiger charge is -2.30. The van der Waals surface area contributed by atoms with E-state index in [0.29, 0.717) is 0 Å². The Morgan fingerprint density at radius 3 is 1.88 bits per heavy atom. The van der Waals surface area contributed by atoms with Crippen molar-refractivity contribution in [3.8, 4) is 0 Å². The van der Waals surface area contributed by atoms with E-state index in [1.54, 1.807) is 13.8 Å². The molecule has 0 amide bonds. The average Bonchev–Trinajstić information content (AvgIpc) is 2.13. The van der Waals surface area contributed by atoms with E-state index in [1.807, 2.05) is 32.0 Å². The first kappa shape index (κ1) is 14.2. The first-order valence-electron chi connectivity index (χ1n) is 5.59. The predicted octanol–water partition coefficient (Wildman–Crippen LogP) is 2.13. The van der Waals surface area contributed by atoms with Crippen molar-refractivity contribution in [3.63, 3.8) is 0 Å². The average molecular weight is 255 g/mol. The van der Waals surface area contributed by atoms with Crippen molar-refractivity contribution in [3.05, 3.63) is 34.9 Å². The van der Waals surface area contributed by atoms with Gasteiger partial charge < -0.3 is 5.73 Å². The molecular weight excluding hydrogens is 234 g/mol. The van der Waals surface area contributed by atoms with Gasteiger partial charge in [0.25, 0.3) is 0 Å². The topological polar surface area (TPSA) is 60.2 Å². The Morgan fingerprint density at radius 1 is 1.12 bits per heavy atom. The monoisotopic (exact) mass is 255 g/mol. The molecule has 1 atom stereocenters. The highest BCUT2D eigenvalue weighted by Gasteiger charge is 2.37. The Labute approximate surface area is 104 Å². The lowest BCUT2D eigenvalue weighted by Crippen LogP contribution is -2.42. The van der Waals surface area contributed by atoms with Gasteiger partial charge >= 0.3 is 0 Å². The molecule has 1 aromatic carbocycles. The van der Waals surface area contributed by atoms with Gasteiger partial charge in [-0.1, -0.05) is 29.3 Å². The third-order valence-electron chi connectivity index (χ3n) is 3.31. The second kappa shape index (κ2) is 4.42. The quantitative estimate of drug-likeness (QED) is 0.900. The van der Waals surface area contributed by atoms with E-state index < -0.39 is 20.6 Å². The van der Waals surface area contributed by atoms with E-state index >= 15 is 0 Å². The molecule has 1 rings (SSSR count). The van der Waals surface area contributed by atoms with Gasteiger partial charge in [-0.25, -0.2) is 8.42 Å². The standard InChI is InChI=1S/C13H21NO2S/c1-9-6-10(2)8-11(7-9)12(14)13(3,4)17(5,15)16/h6-8,12H,14H2,1-5H3. The van der Waals surface area contributed by atoms with Gasteiger partial charge in [0.1, 0.15) is 0 Å². The summed E-state index contributed by atoms with van der Waals surface area (Å²) in [7, 11) is -3.20. The van der Waals surface area contributed by atoms with Crippen LogP contribution in [0.3, 0.4) is 0 Å². The molecule has 0 bridgehead atoms. The van der Waals surface area contributed by atoms with Crippen molar-refractivity contribution in [2.45, 2.75) is 38.5 Å². The maximum Gasteiger partial charge on any atom is 0.154 e. The Kier molecular flexibility index (Phi) is 3.69. The fourth-order valence-electron chi connectivity index (χ4n) is 1.82. The molecule has 1 unspecified atom stereocenters. The minimum Gasteiger partial charge on any atom is -0.323 e. The van der Waals surface area contributed by atoms with Crippen LogP contribution in [0.15, 0.2) is 18.2 Å². The Morgan fingerprint density at radius 2 is 1.53 bits per heavy atom. The number of hydrogen-bond acceptors (Lipinski definition) is 3. The van der Waals surface area contributed by atoms with Gasteiger partial charge in [0.05, 0.1) is 4.75 Å². The molecule has 1 aromatic rings. The SMILES string of the molecule is Cc1cc(C)cc(C(N)C(C)(C)S(C)(=O)=O)c1. The van der Waals surface area contributed by atoms with Crippen molar-refractivity contribution in [2.24, 2.45) is 5.73 Å². The predicted molar refractivity (Wildman–Crippen MR) is 71.8 cm³/mol. The minimum absolute atomic E-state index is 0.518. The minimum atomic E-state index is -3.20. The molecule has 96 valence electrons. The van der Waals surface area contributed by atoms with Crippen molar-refractivity contribution < 1.29 is 8.42 Å². The van der Waals surface area contributed by atoms with Crippen LogP contribution in [0.2, 0.25) is 0 Å². The Hall–Kier alpha value is -0.870. The normalized spacial score (nSPS) is 14.7. The van der Waals surface area contributed by atoms with Crippen LogP contribution in [0.4, 0.5) is 0 Å². The van der Waals surface area contributed by atoms with Crippen LogP contribution < -0.4 is 5.73 Å². The number of nitrogens with two attached hydrogens (primary N) is 1. The zero-order valence-corrected chi connectivity index (χ0v) is 11.9. The van der Waals surface area contributed by atoms with E-state index in [1.165, 1.54) is 6.26 Å². The van der Waals surface area contributed by atoms with Crippen LogP contribution in [0.25, 0.3) is 0 Å². The molecule has 0 spiro atoms. The maximum atomic E-state index is 11.8. The van der Waals surface area contributed by atoms with Crippen molar-refractivity contribution in [1.29, 1.82) is 0 Å². The first-order valence-corrected chi connectivity index (χ1v) is 7.48. The molecule has 0 aliphatic carbocycles. The van der Waals surface area contributed by atoms with Crippen molar-refractivity contribution >= 4 is 9.84 Å². The van der Waals surface area contributed by atoms with E-state index in [0.717, 1.165) is 16.7 Å². The van der Waals surface area contributed by atoms with Crippen LogP contribution in [0.1, 0.15) is 36.6 Å². The summed E-state index contributed by atoms with van der Waals surface area (Å²) in [5.41, 5.74) is 9.18. The molecule has 0 aliphatic heterocycles. The second-order valence-corrected chi connectivity index (χ2v) is 7.87. The van der Waals surface area contributed by atoms with Crippen molar-refractivity contribution in [2.75, 3.05) is 6.26 Å². The van der Waals surface area contributed by atoms with E-state index in [9.17, 15) is 8.42 Å². The van der Waals surface area contributed by atoms with Gasteiger partial charge in [-0.3, -0.25) is 0 Å². The zero-order valence-electron chi connectivity index (χ0n) is 11.1. The summed E-state index contributed by atoms with van der Waals surface area (Å²) >= 11 is 0. The largest absolute Gasteiger partial charge is 0.323 e. The fourth-order valence-corrected chi connectivity index (χ4v) is 2.42. The summed E-state index contributed by atoms with van der Waals surface area (Å²) in [6, 6.07) is 5.43. The van der Waals surface area contributed by atoms with Gasteiger partial charge in [-0.2, -0.15) is 0 Å². The Balaban J connectivity index is 3.25. The smallest absolute Gasteiger partial charge is 0.154 e. The number of sulfone groups is 1. The summed E-state index contributed by atoms with van der Waals surface area (Å²) in [4.78, 5) is 0. The third kappa shape index (κ3) is 2.87. The highest BCUT2D eigenvalue weighted by atomic mass is 32.2. The molecule has 2 N–H and O–H groups in total. The summed E-state index contributed by atoms with van der Waals surface area (Å²) in [6.07, 6.45) is 1.23. The van der Waals surface area contributed by atoms with Gasteiger partial charge in [-0.15, -0.1) is 0 Å². The summed E-state index contributed by atoms with van der Waals surface area (Å²) in [6.45, 7) is 7.31. The molecule has 0 saturated carbocycles. The van der Waals surface area contributed by atoms with Gasteiger partial charge in [0, 0.05) is 12.3 Å². The van der Waals surface area contributed by atoms with Crippen LogP contribution in [0, 0.1) is 13.8 Å². The molecule has 0 saturated heterocycles. The van der Waals surface area contributed by atoms with Gasteiger partial charge in [0.15, 0.2) is 9.84 Å². The van der Waals surface area contributed by atoms with Crippen LogP contribution in [-0.4, -0.2) is 19.4 Å². The van der Waals surface area contributed by atoms with Crippen LogP contribution in [0.5, 0.6) is 0 Å². The summed E-state index contributed by atoms with van der Waals surface area (Å²) in [5, 5.41) is 0. The lowest BCUT2D eigenvalue weighted by atomic mass is 9.93. The molecule has 17 heavy (non-hydrogen) atoms. The summed E-state index contributed by atoms with van der Waals surface area (Å²) in [5.74, 6) is 0. The number of hydrogen-bond donors (Lipinski definition) is 1. The number of aryl methyl sites for hydroxylation is 2. The van der Waals surface area contributed by atoms with E-state index in [2.05, 4.69) is 0 Å². The maximum absolute atomic E-state index is 11.8. The molecule has 0 radical (unpaired) electrons. The molecule has 0 heterocycles. The van der Waals surface area contributed by atoms with Crippen LogP contribution in [-0.2, 0) is 9.84 Å². The Bertz CT molecular complexity index is 498. The van der Waals surface area contributed by atoms with E-state index in [-0.39, 0.29) is 0 Å².